The van der Waals surface area contributed by atoms with Crippen LogP contribution in [0, 0.1) is 11.6 Å². The molecule has 0 aliphatic carbocycles. The zero-order chi connectivity index (χ0) is 16.2. The fourth-order valence-electron chi connectivity index (χ4n) is 2.74. The summed E-state index contributed by atoms with van der Waals surface area (Å²) in [6, 6.07) is 5.34. The number of morpholine rings is 1. The van der Waals surface area contributed by atoms with Crippen molar-refractivity contribution in [3.63, 3.8) is 0 Å². The summed E-state index contributed by atoms with van der Waals surface area (Å²) in [7, 11) is 0. The highest BCUT2D eigenvalue weighted by molar-refractivity contribution is 5.20. The number of aliphatic hydroxyl groups is 1. The van der Waals surface area contributed by atoms with Crippen LogP contribution in [0.25, 0.3) is 0 Å². The van der Waals surface area contributed by atoms with Gasteiger partial charge in [0, 0.05) is 32.0 Å². The summed E-state index contributed by atoms with van der Waals surface area (Å²) in [6.45, 7) is 2.90. The lowest BCUT2D eigenvalue weighted by Crippen LogP contribution is -2.45. The lowest BCUT2D eigenvalue weighted by atomic mass is 10.1. The first kappa shape index (κ1) is 16.0. The van der Waals surface area contributed by atoms with E-state index in [0.717, 1.165) is 12.1 Å². The maximum absolute atomic E-state index is 13.3. The largest absolute Gasteiger partial charge is 0.387 e. The summed E-state index contributed by atoms with van der Waals surface area (Å²) >= 11 is 0. The fraction of sp³-hybridized carbons (Fsp3) is 0.438. The van der Waals surface area contributed by atoms with E-state index >= 15 is 0 Å². The third kappa shape index (κ3) is 4.13. The van der Waals surface area contributed by atoms with E-state index < -0.39 is 17.7 Å². The smallest absolute Gasteiger partial charge is 0.159 e. The van der Waals surface area contributed by atoms with E-state index in [-0.39, 0.29) is 6.10 Å². The Balaban J connectivity index is 1.57. The van der Waals surface area contributed by atoms with Gasteiger partial charge in [-0.15, -0.1) is 0 Å². The first-order chi connectivity index (χ1) is 11.1. The molecular weight excluding hydrogens is 304 g/mol. The molecule has 2 aromatic rings. The molecule has 1 saturated heterocycles. The predicted molar refractivity (Wildman–Crippen MR) is 79.7 cm³/mol. The van der Waals surface area contributed by atoms with Gasteiger partial charge in [-0.2, -0.15) is 5.10 Å². The van der Waals surface area contributed by atoms with Crippen molar-refractivity contribution in [2.24, 2.45) is 0 Å². The monoisotopic (exact) mass is 323 g/mol. The van der Waals surface area contributed by atoms with Gasteiger partial charge >= 0.3 is 0 Å². The van der Waals surface area contributed by atoms with E-state index in [0.29, 0.717) is 38.3 Å². The van der Waals surface area contributed by atoms with Crippen molar-refractivity contribution in [3.05, 3.63) is 53.9 Å². The molecule has 3 rings (SSSR count). The Kier molecular flexibility index (Phi) is 5.00. The Morgan fingerprint density at radius 2 is 2.22 bits per heavy atom. The molecule has 2 atom stereocenters. The van der Waals surface area contributed by atoms with Gasteiger partial charge in [-0.05, 0) is 23.8 Å². The zero-order valence-electron chi connectivity index (χ0n) is 12.6. The molecule has 5 nitrogen and oxygen atoms in total. The number of nitrogens with zero attached hydrogens (tertiary/aromatic N) is 3. The van der Waals surface area contributed by atoms with E-state index in [9.17, 15) is 13.9 Å². The Labute approximate surface area is 133 Å². The SMILES string of the molecule is OC(CN1CCOC(Cn2cccn2)C1)c1ccc(F)c(F)c1. The van der Waals surface area contributed by atoms with Crippen LogP contribution in [0.2, 0.25) is 0 Å². The van der Waals surface area contributed by atoms with Gasteiger partial charge in [0.2, 0.25) is 0 Å². The quantitative estimate of drug-likeness (QED) is 0.908. The van der Waals surface area contributed by atoms with Gasteiger partial charge in [0.25, 0.3) is 0 Å². The van der Waals surface area contributed by atoms with Gasteiger partial charge in [-0.3, -0.25) is 9.58 Å². The molecule has 124 valence electrons. The third-order valence-corrected chi connectivity index (χ3v) is 3.93. The Morgan fingerprint density at radius 1 is 1.35 bits per heavy atom. The average molecular weight is 323 g/mol. The Hall–Kier alpha value is -1.83. The molecule has 0 spiro atoms. The summed E-state index contributed by atoms with van der Waals surface area (Å²) in [6.07, 6.45) is 2.71. The molecule has 1 aromatic heterocycles. The van der Waals surface area contributed by atoms with Crippen LogP contribution in [-0.4, -0.2) is 52.1 Å². The minimum absolute atomic E-state index is 0.0131. The van der Waals surface area contributed by atoms with E-state index in [1.807, 2.05) is 12.3 Å². The van der Waals surface area contributed by atoms with Gasteiger partial charge in [0.15, 0.2) is 11.6 Å². The van der Waals surface area contributed by atoms with E-state index in [4.69, 9.17) is 4.74 Å². The summed E-state index contributed by atoms with van der Waals surface area (Å²) < 4.78 is 33.7. The number of ether oxygens (including phenoxy) is 1. The van der Waals surface area contributed by atoms with E-state index in [2.05, 4.69) is 10.00 Å². The van der Waals surface area contributed by atoms with Crippen molar-refractivity contribution in [2.45, 2.75) is 18.8 Å². The maximum Gasteiger partial charge on any atom is 0.159 e. The minimum Gasteiger partial charge on any atom is -0.387 e. The summed E-state index contributed by atoms with van der Waals surface area (Å²) in [5.74, 6) is -1.85. The number of halogens is 2. The normalized spacial score (nSPS) is 20.6. The molecule has 1 aliphatic rings. The van der Waals surface area contributed by atoms with E-state index in [1.165, 1.54) is 6.07 Å². The second kappa shape index (κ2) is 7.16. The third-order valence-electron chi connectivity index (χ3n) is 3.93. The molecule has 0 saturated carbocycles. The first-order valence-electron chi connectivity index (χ1n) is 7.56. The van der Waals surface area contributed by atoms with Gasteiger partial charge in [-0.1, -0.05) is 6.07 Å². The van der Waals surface area contributed by atoms with Gasteiger partial charge in [0.05, 0.1) is 25.4 Å². The van der Waals surface area contributed by atoms with Crippen LogP contribution in [0.3, 0.4) is 0 Å². The number of aliphatic hydroxyl groups excluding tert-OH is 1. The second-order valence-electron chi connectivity index (χ2n) is 5.67. The van der Waals surface area contributed by atoms with Crippen molar-refractivity contribution in [1.82, 2.24) is 14.7 Å². The summed E-state index contributed by atoms with van der Waals surface area (Å²) in [4.78, 5) is 2.06. The van der Waals surface area contributed by atoms with Gasteiger partial charge < -0.3 is 9.84 Å². The molecule has 1 N–H and O–H groups in total. The molecule has 23 heavy (non-hydrogen) atoms. The number of aromatic nitrogens is 2. The van der Waals surface area contributed by atoms with Crippen molar-refractivity contribution in [3.8, 4) is 0 Å². The standard InChI is InChI=1S/C16H19F2N3O2/c17-14-3-2-12(8-15(14)18)16(22)11-20-6-7-23-13(9-20)10-21-5-1-4-19-21/h1-5,8,13,16,22H,6-7,9-11H2. The molecule has 0 amide bonds. The number of β-amino-alcohol motifs (C(OH)–C–C–N with tert-alkyl or cyclic N) is 1. The first-order valence-corrected chi connectivity index (χ1v) is 7.56. The van der Waals surface area contributed by atoms with E-state index in [1.54, 1.807) is 10.9 Å². The predicted octanol–water partition coefficient (Wildman–Crippen LogP) is 1.60. The second-order valence-corrected chi connectivity index (χ2v) is 5.67. The van der Waals surface area contributed by atoms with Crippen LogP contribution < -0.4 is 0 Å². The van der Waals surface area contributed by atoms with Crippen LogP contribution in [-0.2, 0) is 11.3 Å². The zero-order valence-corrected chi connectivity index (χ0v) is 12.6. The topological polar surface area (TPSA) is 50.5 Å². The molecule has 7 heteroatoms. The van der Waals surface area contributed by atoms with Crippen LogP contribution in [0.4, 0.5) is 8.78 Å². The molecular formula is C16H19F2N3O2. The van der Waals surface area contributed by atoms with Crippen LogP contribution in [0.5, 0.6) is 0 Å². The lowest BCUT2D eigenvalue weighted by molar-refractivity contribution is -0.0486. The average Bonchev–Trinajstić information content (AvgIpc) is 3.03. The van der Waals surface area contributed by atoms with Crippen molar-refractivity contribution >= 4 is 0 Å². The van der Waals surface area contributed by atoms with Crippen molar-refractivity contribution < 1.29 is 18.6 Å². The van der Waals surface area contributed by atoms with Crippen LogP contribution in [0.1, 0.15) is 11.7 Å². The Bertz CT molecular complexity index is 636. The van der Waals surface area contributed by atoms with Gasteiger partial charge in [-0.25, -0.2) is 8.78 Å². The maximum atomic E-state index is 13.3. The number of rotatable bonds is 5. The molecule has 2 unspecified atom stereocenters. The number of benzene rings is 1. The minimum atomic E-state index is -0.944. The highest BCUT2D eigenvalue weighted by Crippen LogP contribution is 2.19. The fourth-order valence-corrected chi connectivity index (χ4v) is 2.74. The van der Waals surface area contributed by atoms with Gasteiger partial charge in [0.1, 0.15) is 0 Å². The van der Waals surface area contributed by atoms with Crippen molar-refractivity contribution in [2.75, 3.05) is 26.2 Å². The van der Waals surface area contributed by atoms with Crippen LogP contribution >= 0.6 is 0 Å². The molecule has 1 aliphatic heterocycles. The molecule has 1 fully saturated rings. The highest BCUT2D eigenvalue weighted by atomic mass is 19.2. The molecule has 1 aromatic carbocycles. The highest BCUT2D eigenvalue weighted by Gasteiger charge is 2.23. The lowest BCUT2D eigenvalue weighted by Gasteiger charge is -2.34. The number of hydrogen-bond donors (Lipinski definition) is 1. The van der Waals surface area contributed by atoms with Crippen molar-refractivity contribution in [1.29, 1.82) is 0 Å². The number of hydrogen-bond acceptors (Lipinski definition) is 4. The molecule has 0 bridgehead atoms. The summed E-state index contributed by atoms with van der Waals surface area (Å²) in [5.41, 5.74) is 0.374. The molecule has 0 radical (unpaired) electrons. The Morgan fingerprint density at radius 3 is 2.96 bits per heavy atom. The van der Waals surface area contributed by atoms with Crippen LogP contribution in [0.15, 0.2) is 36.7 Å². The molecule has 2 heterocycles. The summed E-state index contributed by atoms with van der Waals surface area (Å²) in [5, 5.41) is 14.4.